The standard InChI is InChI=1S/C14H22N2O2S/c1-2-9-19(17,18)14-6-4-3-5-12(14)16-13(10-15)11-7-8-11/h3-6,11,13,16H,2,7-10,15H2,1H3. The third kappa shape index (κ3) is 3.48. The van der Waals surface area contributed by atoms with Crippen LogP contribution in [-0.2, 0) is 9.84 Å². The van der Waals surface area contributed by atoms with Gasteiger partial charge in [0, 0.05) is 12.6 Å². The summed E-state index contributed by atoms with van der Waals surface area (Å²) in [6, 6.07) is 7.30. The molecule has 1 aromatic carbocycles. The summed E-state index contributed by atoms with van der Waals surface area (Å²) in [4.78, 5) is 0.399. The molecule has 0 amide bonds. The topological polar surface area (TPSA) is 72.2 Å². The van der Waals surface area contributed by atoms with Crippen molar-refractivity contribution in [1.82, 2.24) is 0 Å². The van der Waals surface area contributed by atoms with Gasteiger partial charge in [0.2, 0.25) is 0 Å². The third-order valence-corrected chi connectivity index (χ3v) is 5.45. The molecule has 0 heterocycles. The van der Waals surface area contributed by atoms with Gasteiger partial charge >= 0.3 is 0 Å². The van der Waals surface area contributed by atoms with Gasteiger partial charge in [-0.3, -0.25) is 0 Å². The van der Waals surface area contributed by atoms with Crippen molar-refractivity contribution in [1.29, 1.82) is 0 Å². The summed E-state index contributed by atoms with van der Waals surface area (Å²) in [5, 5.41) is 3.32. The lowest BCUT2D eigenvalue weighted by Crippen LogP contribution is -2.31. The number of anilines is 1. The molecule has 0 spiro atoms. The van der Waals surface area contributed by atoms with Crippen molar-refractivity contribution in [3.8, 4) is 0 Å². The van der Waals surface area contributed by atoms with E-state index in [4.69, 9.17) is 5.73 Å². The lowest BCUT2D eigenvalue weighted by molar-refractivity contribution is 0.594. The molecule has 19 heavy (non-hydrogen) atoms. The second-order valence-electron chi connectivity index (χ2n) is 5.14. The Bertz CT molecular complexity index is 524. The van der Waals surface area contributed by atoms with Gasteiger partial charge in [-0.05, 0) is 37.3 Å². The van der Waals surface area contributed by atoms with Crippen molar-refractivity contribution in [2.45, 2.75) is 37.1 Å². The van der Waals surface area contributed by atoms with Crippen molar-refractivity contribution in [3.05, 3.63) is 24.3 Å². The molecule has 2 rings (SSSR count). The Hall–Kier alpha value is -1.07. The van der Waals surface area contributed by atoms with Crippen LogP contribution in [0.4, 0.5) is 5.69 Å². The molecule has 0 saturated heterocycles. The lowest BCUT2D eigenvalue weighted by atomic mass is 10.1. The molecule has 3 N–H and O–H groups in total. The van der Waals surface area contributed by atoms with E-state index in [0.29, 0.717) is 29.5 Å². The van der Waals surface area contributed by atoms with Gasteiger partial charge in [0.05, 0.1) is 16.3 Å². The number of hydrogen-bond acceptors (Lipinski definition) is 4. The van der Waals surface area contributed by atoms with Crippen LogP contribution in [0.3, 0.4) is 0 Å². The second-order valence-corrected chi connectivity index (χ2v) is 7.22. The first-order valence-electron chi connectivity index (χ1n) is 6.87. The van der Waals surface area contributed by atoms with E-state index in [-0.39, 0.29) is 11.8 Å². The maximum absolute atomic E-state index is 12.2. The summed E-state index contributed by atoms with van der Waals surface area (Å²) in [5.74, 6) is 0.773. The molecule has 1 unspecified atom stereocenters. The highest BCUT2D eigenvalue weighted by Crippen LogP contribution is 2.35. The Morgan fingerprint density at radius 3 is 2.63 bits per heavy atom. The molecular formula is C14H22N2O2S. The maximum Gasteiger partial charge on any atom is 0.180 e. The number of nitrogens with two attached hydrogens (primary N) is 1. The Morgan fingerprint density at radius 2 is 2.05 bits per heavy atom. The van der Waals surface area contributed by atoms with Crippen molar-refractivity contribution in [2.24, 2.45) is 11.7 Å². The molecule has 0 aliphatic heterocycles. The number of para-hydroxylation sites is 1. The van der Waals surface area contributed by atoms with Crippen molar-refractivity contribution in [2.75, 3.05) is 17.6 Å². The molecule has 4 nitrogen and oxygen atoms in total. The number of rotatable bonds is 7. The fraction of sp³-hybridized carbons (Fsp3) is 0.571. The average Bonchev–Trinajstić information content (AvgIpc) is 3.20. The van der Waals surface area contributed by atoms with Gasteiger partial charge in [-0.2, -0.15) is 0 Å². The SMILES string of the molecule is CCCS(=O)(=O)c1ccccc1NC(CN)C1CC1. The minimum atomic E-state index is -3.20. The van der Waals surface area contributed by atoms with Crippen LogP contribution in [0, 0.1) is 5.92 Å². The summed E-state index contributed by atoms with van der Waals surface area (Å²) in [7, 11) is -3.20. The number of hydrogen-bond donors (Lipinski definition) is 2. The van der Waals surface area contributed by atoms with Crippen LogP contribution in [0.2, 0.25) is 0 Å². The van der Waals surface area contributed by atoms with E-state index >= 15 is 0 Å². The highest BCUT2D eigenvalue weighted by Gasteiger charge is 2.31. The van der Waals surface area contributed by atoms with Gasteiger partial charge < -0.3 is 11.1 Å². The predicted octanol–water partition coefficient (Wildman–Crippen LogP) is 2.02. The molecule has 0 aromatic heterocycles. The van der Waals surface area contributed by atoms with E-state index < -0.39 is 9.84 Å². The van der Waals surface area contributed by atoms with Crippen molar-refractivity contribution in [3.63, 3.8) is 0 Å². The molecule has 0 radical (unpaired) electrons. The van der Waals surface area contributed by atoms with Gasteiger partial charge in [0.15, 0.2) is 9.84 Å². The zero-order chi connectivity index (χ0) is 13.9. The Kier molecular flexibility index (Phi) is 4.47. The van der Waals surface area contributed by atoms with Gasteiger partial charge in [-0.1, -0.05) is 19.1 Å². The summed E-state index contributed by atoms with van der Waals surface area (Å²) in [6.07, 6.45) is 2.98. The molecule has 1 aliphatic rings. The Balaban J connectivity index is 2.25. The first kappa shape index (κ1) is 14.3. The predicted molar refractivity (Wildman–Crippen MR) is 78.0 cm³/mol. The molecule has 1 fully saturated rings. The Morgan fingerprint density at radius 1 is 1.37 bits per heavy atom. The van der Waals surface area contributed by atoms with Gasteiger partial charge in [0.25, 0.3) is 0 Å². The fourth-order valence-electron chi connectivity index (χ4n) is 2.30. The quantitative estimate of drug-likeness (QED) is 0.802. The van der Waals surface area contributed by atoms with Crippen molar-refractivity contribution >= 4 is 15.5 Å². The fourth-order valence-corrected chi connectivity index (χ4v) is 3.81. The van der Waals surface area contributed by atoms with Gasteiger partial charge in [-0.25, -0.2) is 8.42 Å². The summed E-state index contributed by atoms with van der Waals surface area (Å²) < 4.78 is 24.5. The minimum Gasteiger partial charge on any atom is -0.380 e. The largest absolute Gasteiger partial charge is 0.380 e. The van der Waals surface area contributed by atoms with E-state index in [2.05, 4.69) is 5.32 Å². The molecule has 5 heteroatoms. The van der Waals surface area contributed by atoms with Crippen LogP contribution in [0.15, 0.2) is 29.2 Å². The van der Waals surface area contributed by atoms with Gasteiger partial charge in [0.1, 0.15) is 0 Å². The summed E-state index contributed by atoms with van der Waals surface area (Å²) >= 11 is 0. The highest BCUT2D eigenvalue weighted by molar-refractivity contribution is 7.91. The summed E-state index contributed by atoms with van der Waals surface area (Å²) in [5.41, 5.74) is 6.46. The molecule has 1 aliphatic carbocycles. The summed E-state index contributed by atoms with van der Waals surface area (Å²) in [6.45, 7) is 2.41. The maximum atomic E-state index is 12.2. The zero-order valence-corrected chi connectivity index (χ0v) is 12.1. The average molecular weight is 282 g/mol. The smallest absolute Gasteiger partial charge is 0.180 e. The van der Waals surface area contributed by atoms with Crippen LogP contribution < -0.4 is 11.1 Å². The monoisotopic (exact) mass is 282 g/mol. The molecule has 1 aromatic rings. The molecule has 0 bridgehead atoms. The van der Waals surface area contributed by atoms with Crippen LogP contribution in [0.25, 0.3) is 0 Å². The van der Waals surface area contributed by atoms with E-state index in [0.717, 1.165) is 0 Å². The highest BCUT2D eigenvalue weighted by atomic mass is 32.2. The Labute approximate surface area is 115 Å². The first-order valence-corrected chi connectivity index (χ1v) is 8.52. The van der Waals surface area contributed by atoms with Gasteiger partial charge in [-0.15, -0.1) is 0 Å². The first-order chi connectivity index (χ1) is 9.08. The van der Waals surface area contributed by atoms with Crippen LogP contribution in [0.1, 0.15) is 26.2 Å². The second kappa shape index (κ2) is 5.92. The molecule has 1 atom stereocenters. The van der Waals surface area contributed by atoms with E-state index in [1.807, 2.05) is 19.1 Å². The van der Waals surface area contributed by atoms with Crippen LogP contribution >= 0.6 is 0 Å². The molecular weight excluding hydrogens is 260 g/mol. The normalized spacial score (nSPS) is 17.2. The van der Waals surface area contributed by atoms with E-state index in [9.17, 15) is 8.42 Å². The number of benzene rings is 1. The zero-order valence-electron chi connectivity index (χ0n) is 11.3. The molecule has 1 saturated carbocycles. The minimum absolute atomic E-state index is 0.179. The third-order valence-electron chi connectivity index (χ3n) is 3.48. The van der Waals surface area contributed by atoms with Crippen molar-refractivity contribution < 1.29 is 8.42 Å². The number of sulfone groups is 1. The van der Waals surface area contributed by atoms with E-state index in [1.165, 1.54) is 12.8 Å². The van der Waals surface area contributed by atoms with Crippen LogP contribution in [0.5, 0.6) is 0 Å². The van der Waals surface area contributed by atoms with E-state index in [1.54, 1.807) is 12.1 Å². The molecule has 106 valence electrons. The van der Waals surface area contributed by atoms with Crippen LogP contribution in [-0.4, -0.2) is 26.8 Å². The lowest BCUT2D eigenvalue weighted by Gasteiger charge is -2.20. The number of nitrogens with one attached hydrogen (secondary N) is 1.